The Morgan fingerprint density at radius 3 is 2.30 bits per heavy atom. The van der Waals surface area contributed by atoms with E-state index in [9.17, 15) is 9.59 Å². The average Bonchev–Trinajstić information content (AvgIpc) is 2.47. The first-order valence-corrected chi connectivity index (χ1v) is 8.46. The van der Waals surface area contributed by atoms with Crippen molar-refractivity contribution >= 4 is 11.8 Å². The zero-order valence-corrected chi connectivity index (χ0v) is 14.5. The first kappa shape index (κ1) is 17.5. The van der Waals surface area contributed by atoms with Gasteiger partial charge in [0, 0.05) is 18.6 Å². The molecule has 1 N–H and O–H groups in total. The quantitative estimate of drug-likeness (QED) is 0.868. The van der Waals surface area contributed by atoms with Gasteiger partial charge in [-0.2, -0.15) is 0 Å². The summed E-state index contributed by atoms with van der Waals surface area (Å²) in [6.45, 7) is 7.29. The lowest BCUT2D eigenvalue weighted by Crippen LogP contribution is -2.45. The zero-order chi connectivity index (χ0) is 16.9. The van der Waals surface area contributed by atoms with Crippen molar-refractivity contribution in [3.63, 3.8) is 0 Å². The Morgan fingerprint density at radius 1 is 1.13 bits per heavy atom. The van der Waals surface area contributed by atoms with Crippen LogP contribution in [0.1, 0.15) is 45.6 Å². The summed E-state index contributed by atoms with van der Waals surface area (Å²) < 4.78 is 0. The maximum Gasteiger partial charge on any atom is 0.232 e. The molecule has 1 aliphatic rings. The fraction of sp³-hybridized carbons (Fsp3) is 0.579. The SMILES string of the molecule is CC(C)(C)NC(=O)CC(=O)N1CCC(Cc2ccccc2)CC1. The third-order valence-corrected chi connectivity index (χ3v) is 4.16. The summed E-state index contributed by atoms with van der Waals surface area (Å²) in [7, 11) is 0. The minimum absolute atomic E-state index is 0.0410. The summed E-state index contributed by atoms with van der Waals surface area (Å²) in [6, 6.07) is 10.5. The van der Waals surface area contributed by atoms with Crippen molar-refractivity contribution in [1.82, 2.24) is 10.2 Å². The van der Waals surface area contributed by atoms with Gasteiger partial charge in [-0.15, -0.1) is 0 Å². The molecular formula is C19H28N2O2. The van der Waals surface area contributed by atoms with Crippen LogP contribution in [-0.2, 0) is 16.0 Å². The van der Waals surface area contributed by atoms with E-state index in [1.54, 1.807) is 0 Å². The van der Waals surface area contributed by atoms with Gasteiger partial charge in [0.15, 0.2) is 0 Å². The molecule has 0 radical (unpaired) electrons. The van der Waals surface area contributed by atoms with Crippen molar-refractivity contribution in [2.24, 2.45) is 5.92 Å². The summed E-state index contributed by atoms with van der Waals surface area (Å²) in [5.74, 6) is 0.392. The molecule has 2 amide bonds. The van der Waals surface area contributed by atoms with E-state index in [2.05, 4.69) is 29.6 Å². The molecule has 1 fully saturated rings. The Balaban J connectivity index is 1.75. The predicted molar refractivity (Wildman–Crippen MR) is 92.0 cm³/mol. The second kappa shape index (κ2) is 7.62. The molecule has 0 aromatic heterocycles. The molecule has 4 heteroatoms. The summed E-state index contributed by atoms with van der Waals surface area (Å²) in [4.78, 5) is 25.9. The normalized spacial score (nSPS) is 16.2. The van der Waals surface area contributed by atoms with E-state index < -0.39 is 0 Å². The van der Waals surface area contributed by atoms with Crippen molar-refractivity contribution in [3.8, 4) is 0 Å². The van der Waals surface area contributed by atoms with E-state index >= 15 is 0 Å². The Morgan fingerprint density at radius 2 is 1.74 bits per heavy atom. The van der Waals surface area contributed by atoms with Crippen molar-refractivity contribution in [3.05, 3.63) is 35.9 Å². The second-order valence-corrected chi connectivity index (χ2v) is 7.49. The smallest absolute Gasteiger partial charge is 0.232 e. The van der Waals surface area contributed by atoms with E-state index in [0.717, 1.165) is 32.4 Å². The number of nitrogens with zero attached hydrogens (tertiary/aromatic N) is 1. The number of hydrogen-bond donors (Lipinski definition) is 1. The van der Waals surface area contributed by atoms with Gasteiger partial charge in [-0.1, -0.05) is 30.3 Å². The summed E-state index contributed by atoms with van der Waals surface area (Å²) in [5, 5.41) is 2.84. The van der Waals surface area contributed by atoms with E-state index in [1.165, 1.54) is 5.56 Å². The molecule has 1 heterocycles. The highest BCUT2D eigenvalue weighted by Gasteiger charge is 2.25. The molecule has 1 aromatic rings. The number of carbonyl (C=O) groups is 2. The lowest BCUT2D eigenvalue weighted by molar-refractivity contribution is -0.137. The highest BCUT2D eigenvalue weighted by atomic mass is 16.2. The molecule has 1 saturated heterocycles. The number of piperidine rings is 1. The Bertz CT molecular complexity index is 526. The molecule has 4 nitrogen and oxygen atoms in total. The number of nitrogens with one attached hydrogen (secondary N) is 1. The van der Waals surface area contributed by atoms with Crippen LogP contribution >= 0.6 is 0 Å². The standard InChI is InChI=1S/C19H28N2O2/c1-19(2,3)20-17(22)14-18(23)21-11-9-16(10-12-21)13-15-7-5-4-6-8-15/h4-8,16H,9-14H2,1-3H3,(H,20,22). The van der Waals surface area contributed by atoms with E-state index in [1.807, 2.05) is 31.7 Å². The fourth-order valence-electron chi connectivity index (χ4n) is 3.05. The van der Waals surface area contributed by atoms with Crippen LogP contribution in [0.5, 0.6) is 0 Å². The maximum atomic E-state index is 12.2. The molecule has 0 spiro atoms. The van der Waals surface area contributed by atoms with Gasteiger partial charge < -0.3 is 10.2 Å². The van der Waals surface area contributed by atoms with Crippen LogP contribution in [-0.4, -0.2) is 35.3 Å². The molecule has 2 rings (SSSR count). The van der Waals surface area contributed by atoms with Crippen LogP contribution in [0.4, 0.5) is 0 Å². The van der Waals surface area contributed by atoms with Gasteiger partial charge in [-0.3, -0.25) is 9.59 Å². The number of benzene rings is 1. The topological polar surface area (TPSA) is 49.4 Å². The predicted octanol–water partition coefficient (Wildman–Crippen LogP) is 2.77. The largest absolute Gasteiger partial charge is 0.351 e. The van der Waals surface area contributed by atoms with Gasteiger partial charge in [0.25, 0.3) is 0 Å². The zero-order valence-electron chi connectivity index (χ0n) is 14.5. The molecular weight excluding hydrogens is 288 g/mol. The first-order chi connectivity index (χ1) is 10.8. The maximum absolute atomic E-state index is 12.2. The van der Waals surface area contributed by atoms with Crippen molar-refractivity contribution in [1.29, 1.82) is 0 Å². The van der Waals surface area contributed by atoms with E-state index in [4.69, 9.17) is 0 Å². The Hall–Kier alpha value is -1.84. The van der Waals surface area contributed by atoms with Gasteiger partial charge in [0.1, 0.15) is 6.42 Å². The fourth-order valence-corrected chi connectivity index (χ4v) is 3.05. The molecule has 0 atom stereocenters. The van der Waals surface area contributed by atoms with Crippen LogP contribution in [0.15, 0.2) is 30.3 Å². The average molecular weight is 316 g/mol. The number of likely N-dealkylation sites (tertiary alicyclic amines) is 1. The van der Waals surface area contributed by atoms with Gasteiger partial charge in [0.2, 0.25) is 11.8 Å². The second-order valence-electron chi connectivity index (χ2n) is 7.49. The first-order valence-electron chi connectivity index (χ1n) is 8.46. The Labute approximate surface area is 139 Å². The third-order valence-electron chi connectivity index (χ3n) is 4.16. The lowest BCUT2D eigenvalue weighted by atomic mass is 9.90. The summed E-state index contributed by atoms with van der Waals surface area (Å²) in [6.07, 6.45) is 3.07. The number of carbonyl (C=O) groups excluding carboxylic acids is 2. The van der Waals surface area contributed by atoms with Crippen LogP contribution in [0.25, 0.3) is 0 Å². The number of hydrogen-bond acceptors (Lipinski definition) is 2. The molecule has 1 aromatic carbocycles. The van der Waals surface area contributed by atoms with Crippen LogP contribution in [0.3, 0.4) is 0 Å². The van der Waals surface area contributed by atoms with Crippen molar-refractivity contribution < 1.29 is 9.59 Å². The van der Waals surface area contributed by atoms with Crippen molar-refractivity contribution in [2.75, 3.05) is 13.1 Å². The third kappa shape index (κ3) is 6.05. The van der Waals surface area contributed by atoms with E-state index in [0.29, 0.717) is 5.92 Å². The van der Waals surface area contributed by atoms with Gasteiger partial charge in [-0.25, -0.2) is 0 Å². The summed E-state index contributed by atoms with van der Waals surface area (Å²) >= 11 is 0. The monoisotopic (exact) mass is 316 g/mol. The molecule has 126 valence electrons. The molecule has 0 unspecified atom stereocenters. The van der Waals surface area contributed by atoms with Crippen LogP contribution in [0, 0.1) is 5.92 Å². The van der Waals surface area contributed by atoms with Crippen molar-refractivity contribution in [2.45, 2.75) is 52.0 Å². The van der Waals surface area contributed by atoms with Crippen LogP contribution < -0.4 is 5.32 Å². The minimum Gasteiger partial charge on any atom is -0.351 e. The number of rotatable bonds is 4. The lowest BCUT2D eigenvalue weighted by Gasteiger charge is -2.32. The van der Waals surface area contributed by atoms with Crippen LogP contribution in [0.2, 0.25) is 0 Å². The van der Waals surface area contributed by atoms with E-state index in [-0.39, 0.29) is 23.8 Å². The Kier molecular flexibility index (Phi) is 5.80. The van der Waals surface area contributed by atoms with Gasteiger partial charge >= 0.3 is 0 Å². The molecule has 0 saturated carbocycles. The molecule has 0 aliphatic carbocycles. The van der Waals surface area contributed by atoms with Gasteiger partial charge in [0.05, 0.1) is 0 Å². The van der Waals surface area contributed by atoms with Gasteiger partial charge in [-0.05, 0) is 51.5 Å². The minimum atomic E-state index is -0.292. The highest BCUT2D eigenvalue weighted by molar-refractivity contribution is 5.97. The highest BCUT2D eigenvalue weighted by Crippen LogP contribution is 2.22. The number of amides is 2. The molecule has 0 bridgehead atoms. The molecule has 1 aliphatic heterocycles. The molecule has 23 heavy (non-hydrogen) atoms. The summed E-state index contributed by atoms with van der Waals surface area (Å²) in [5.41, 5.74) is 1.07.